The Morgan fingerprint density at radius 3 is 2.85 bits per heavy atom. The van der Waals surface area contributed by atoms with Crippen molar-refractivity contribution in [3.8, 4) is 0 Å². The van der Waals surface area contributed by atoms with Gasteiger partial charge in [0.1, 0.15) is 10.9 Å². The van der Waals surface area contributed by atoms with E-state index in [0.717, 1.165) is 23.1 Å². The number of esters is 1. The van der Waals surface area contributed by atoms with E-state index in [2.05, 4.69) is 10.1 Å². The summed E-state index contributed by atoms with van der Waals surface area (Å²) in [6, 6.07) is 0.599. The molecule has 0 fully saturated rings. The molecule has 1 rings (SSSR count). The fourth-order valence-electron chi connectivity index (χ4n) is 1.19. The molecule has 0 aliphatic carbocycles. The number of carbonyl (C=O) groups is 3. The first-order valence-electron chi connectivity index (χ1n) is 5.47. The minimum absolute atomic E-state index is 0.0530. The third-order valence-electron chi connectivity index (χ3n) is 2.16. The Hall–Kier alpha value is -1.58. The van der Waals surface area contributed by atoms with Crippen molar-refractivity contribution in [2.45, 2.75) is 6.04 Å². The fourth-order valence-corrected chi connectivity index (χ4v) is 2.73. The van der Waals surface area contributed by atoms with Crippen LogP contribution in [0.3, 0.4) is 0 Å². The number of ether oxygens (including phenoxy) is 1. The van der Waals surface area contributed by atoms with E-state index in [-0.39, 0.29) is 17.4 Å². The van der Waals surface area contributed by atoms with Crippen LogP contribution in [0.2, 0.25) is 0 Å². The molecule has 4 N–H and O–H groups in total. The topological polar surface area (TPSA) is 119 Å². The molecule has 7 nitrogen and oxygen atoms in total. The van der Waals surface area contributed by atoms with E-state index in [1.54, 1.807) is 11.4 Å². The Bertz CT molecular complexity index is 503. The van der Waals surface area contributed by atoms with Crippen LogP contribution in [0.5, 0.6) is 0 Å². The summed E-state index contributed by atoms with van der Waals surface area (Å²) in [6.45, 7) is 0. The van der Waals surface area contributed by atoms with Gasteiger partial charge in [0.25, 0.3) is 0 Å². The second-order valence-corrected chi connectivity index (χ2v) is 5.61. The number of carboxylic acids is 1. The van der Waals surface area contributed by atoms with Gasteiger partial charge in [0, 0.05) is 5.75 Å². The first-order valence-corrected chi connectivity index (χ1v) is 7.51. The lowest BCUT2D eigenvalue weighted by Crippen LogP contribution is -2.33. The fraction of sp³-hybridized carbons (Fsp3) is 0.364. The summed E-state index contributed by atoms with van der Waals surface area (Å²) in [5.74, 6) is -1.77. The van der Waals surface area contributed by atoms with Gasteiger partial charge in [-0.1, -0.05) is 0 Å². The van der Waals surface area contributed by atoms with Gasteiger partial charge in [-0.3, -0.25) is 9.59 Å². The number of thiophene rings is 1. The van der Waals surface area contributed by atoms with Crippen LogP contribution in [-0.4, -0.2) is 47.6 Å². The summed E-state index contributed by atoms with van der Waals surface area (Å²) in [5, 5.41) is 12.8. The monoisotopic (exact) mass is 318 g/mol. The van der Waals surface area contributed by atoms with Crippen LogP contribution in [0.25, 0.3) is 0 Å². The predicted octanol–water partition coefficient (Wildman–Crippen LogP) is 0.618. The second kappa shape index (κ2) is 7.88. The van der Waals surface area contributed by atoms with Crippen molar-refractivity contribution in [3.63, 3.8) is 0 Å². The lowest BCUT2D eigenvalue weighted by molar-refractivity contribution is -0.137. The second-order valence-electron chi connectivity index (χ2n) is 3.66. The van der Waals surface area contributed by atoms with E-state index in [1.165, 1.54) is 7.11 Å². The number of carboxylic acid groups (broad SMARTS) is 1. The lowest BCUT2D eigenvalue weighted by atomic mass is 10.4. The zero-order valence-electron chi connectivity index (χ0n) is 10.6. The third kappa shape index (κ3) is 4.83. The van der Waals surface area contributed by atoms with Crippen LogP contribution >= 0.6 is 23.1 Å². The molecule has 20 heavy (non-hydrogen) atoms. The van der Waals surface area contributed by atoms with E-state index in [9.17, 15) is 14.4 Å². The van der Waals surface area contributed by atoms with Gasteiger partial charge < -0.3 is 20.9 Å². The third-order valence-corrected chi connectivity index (χ3v) is 4.11. The largest absolute Gasteiger partial charge is 0.480 e. The number of thioether (sulfide) groups is 1. The SMILES string of the molecule is COC(=O)c1sccc1NC(=O)CSCC(N)C(=O)O. The number of carbonyl (C=O) groups excluding carboxylic acids is 2. The highest BCUT2D eigenvalue weighted by Gasteiger charge is 2.16. The molecule has 1 atom stereocenters. The highest BCUT2D eigenvalue weighted by Crippen LogP contribution is 2.23. The molecule has 1 aromatic heterocycles. The Morgan fingerprint density at radius 1 is 1.55 bits per heavy atom. The number of amides is 1. The van der Waals surface area contributed by atoms with Crippen LogP contribution < -0.4 is 11.1 Å². The summed E-state index contributed by atoms with van der Waals surface area (Å²) < 4.78 is 4.59. The normalized spacial score (nSPS) is 11.7. The zero-order valence-corrected chi connectivity index (χ0v) is 12.3. The molecular formula is C11H14N2O5S2. The van der Waals surface area contributed by atoms with Crippen LogP contribution in [0.4, 0.5) is 5.69 Å². The molecular weight excluding hydrogens is 304 g/mol. The molecule has 1 unspecified atom stereocenters. The minimum Gasteiger partial charge on any atom is -0.480 e. The predicted molar refractivity (Wildman–Crippen MR) is 77.2 cm³/mol. The maximum Gasteiger partial charge on any atom is 0.350 e. The Kier molecular flexibility index (Phi) is 6.49. The van der Waals surface area contributed by atoms with Crippen LogP contribution in [0, 0.1) is 0 Å². The summed E-state index contributed by atoms with van der Waals surface area (Å²) in [7, 11) is 1.26. The van der Waals surface area contributed by atoms with E-state index in [0.29, 0.717) is 10.6 Å². The van der Waals surface area contributed by atoms with Crippen LogP contribution in [0.1, 0.15) is 9.67 Å². The summed E-state index contributed by atoms with van der Waals surface area (Å²) in [4.78, 5) is 33.9. The van der Waals surface area contributed by atoms with Crippen molar-refractivity contribution in [1.82, 2.24) is 0 Å². The molecule has 0 aliphatic rings. The molecule has 0 aromatic carbocycles. The minimum atomic E-state index is -1.11. The zero-order chi connectivity index (χ0) is 15.1. The van der Waals surface area contributed by atoms with Gasteiger partial charge in [0.05, 0.1) is 18.6 Å². The van der Waals surface area contributed by atoms with Crippen molar-refractivity contribution in [3.05, 3.63) is 16.3 Å². The average molecular weight is 318 g/mol. The molecule has 1 heterocycles. The van der Waals surface area contributed by atoms with Gasteiger partial charge in [0.2, 0.25) is 5.91 Å². The standard InChI is InChI=1S/C11H14N2O5S2/c1-18-11(17)9-7(2-3-20-9)13-8(14)5-19-4-6(12)10(15)16/h2-3,6H,4-5,12H2,1H3,(H,13,14)(H,15,16). The number of hydrogen-bond acceptors (Lipinski definition) is 7. The smallest absolute Gasteiger partial charge is 0.350 e. The quantitative estimate of drug-likeness (QED) is 0.630. The number of methoxy groups -OCH3 is 1. The van der Waals surface area contributed by atoms with E-state index < -0.39 is 18.0 Å². The van der Waals surface area contributed by atoms with Gasteiger partial charge in [-0.25, -0.2) is 4.79 Å². The number of hydrogen-bond donors (Lipinski definition) is 3. The van der Waals surface area contributed by atoms with Gasteiger partial charge in [-0.2, -0.15) is 0 Å². The Labute approximate surface area is 123 Å². The summed E-state index contributed by atoms with van der Waals surface area (Å²) in [6.07, 6.45) is 0. The highest BCUT2D eigenvalue weighted by molar-refractivity contribution is 8.00. The first kappa shape index (κ1) is 16.5. The van der Waals surface area contributed by atoms with E-state index in [4.69, 9.17) is 10.8 Å². The molecule has 0 bridgehead atoms. The van der Waals surface area contributed by atoms with Gasteiger partial charge in [0.15, 0.2) is 0 Å². The number of aliphatic carboxylic acids is 1. The molecule has 110 valence electrons. The van der Waals surface area contributed by atoms with Crippen molar-refractivity contribution in [2.24, 2.45) is 5.73 Å². The number of anilines is 1. The molecule has 0 saturated heterocycles. The van der Waals surface area contributed by atoms with Crippen LogP contribution in [0.15, 0.2) is 11.4 Å². The summed E-state index contributed by atoms with van der Waals surface area (Å²) in [5.41, 5.74) is 5.69. The van der Waals surface area contributed by atoms with Crippen LogP contribution in [-0.2, 0) is 14.3 Å². The molecule has 1 aromatic rings. The van der Waals surface area contributed by atoms with Crippen molar-refractivity contribution in [1.29, 1.82) is 0 Å². The van der Waals surface area contributed by atoms with E-state index >= 15 is 0 Å². The number of rotatable bonds is 7. The van der Waals surface area contributed by atoms with Crippen molar-refractivity contribution in [2.75, 3.05) is 23.9 Å². The highest BCUT2D eigenvalue weighted by atomic mass is 32.2. The Balaban J connectivity index is 2.45. The van der Waals surface area contributed by atoms with Gasteiger partial charge in [-0.15, -0.1) is 23.1 Å². The first-order chi connectivity index (χ1) is 9.45. The molecule has 0 aliphatic heterocycles. The van der Waals surface area contributed by atoms with Crippen molar-refractivity contribution < 1.29 is 24.2 Å². The van der Waals surface area contributed by atoms with Crippen molar-refractivity contribution >= 4 is 46.6 Å². The van der Waals surface area contributed by atoms with Gasteiger partial charge >= 0.3 is 11.9 Å². The maximum atomic E-state index is 11.7. The summed E-state index contributed by atoms with van der Waals surface area (Å²) >= 11 is 2.27. The molecule has 1 amide bonds. The molecule has 0 spiro atoms. The maximum absolute atomic E-state index is 11.7. The number of nitrogens with one attached hydrogen (secondary N) is 1. The van der Waals surface area contributed by atoms with E-state index in [1.807, 2.05) is 0 Å². The molecule has 9 heteroatoms. The van der Waals surface area contributed by atoms with Gasteiger partial charge in [-0.05, 0) is 11.4 Å². The average Bonchev–Trinajstić information content (AvgIpc) is 2.85. The number of nitrogens with two attached hydrogens (primary N) is 1. The molecule has 0 saturated carbocycles. The molecule has 0 radical (unpaired) electrons. The Morgan fingerprint density at radius 2 is 2.25 bits per heavy atom. The lowest BCUT2D eigenvalue weighted by Gasteiger charge is -2.07.